The van der Waals surface area contributed by atoms with E-state index in [1.165, 1.54) is 12.7 Å². The Morgan fingerprint density at radius 2 is 2.00 bits per heavy atom. The molecule has 20 heavy (non-hydrogen) atoms. The minimum atomic E-state index is -0.224. The second-order valence-electron chi connectivity index (χ2n) is 6.13. The van der Waals surface area contributed by atoms with Gasteiger partial charge in [0.25, 0.3) is 0 Å². The van der Waals surface area contributed by atoms with Crippen LogP contribution in [0.15, 0.2) is 24.3 Å². The molecule has 106 valence electrons. The fraction of sp³-hybridized carbons (Fsp3) is 0.412. The van der Waals surface area contributed by atoms with Crippen LogP contribution in [0.25, 0.3) is 10.9 Å². The number of para-hydroxylation sites is 1. The molecule has 0 atom stereocenters. The lowest BCUT2D eigenvalue weighted by atomic mass is 9.84. The number of aromatic nitrogens is 1. The summed E-state index contributed by atoms with van der Waals surface area (Å²) in [5, 5.41) is 1.04. The van der Waals surface area contributed by atoms with Crippen LogP contribution in [0.2, 0.25) is 0 Å². The summed E-state index contributed by atoms with van der Waals surface area (Å²) in [6, 6.07) is 8.12. The van der Waals surface area contributed by atoms with Crippen LogP contribution in [0.1, 0.15) is 37.6 Å². The van der Waals surface area contributed by atoms with E-state index in [1.807, 2.05) is 25.1 Å². The van der Waals surface area contributed by atoms with E-state index in [1.54, 1.807) is 0 Å². The summed E-state index contributed by atoms with van der Waals surface area (Å²) in [6.07, 6.45) is 0.282. The van der Waals surface area contributed by atoms with Crippen LogP contribution in [-0.2, 0) is 21.4 Å². The van der Waals surface area contributed by atoms with Gasteiger partial charge in [0.05, 0.1) is 19.0 Å². The number of rotatable bonds is 2. The summed E-state index contributed by atoms with van der Waals surface area (Å²) < 4.78 is 4.78. The smallest absolute Gasteiger partial charge is 0.310 e. The molecule has 1 heterocycles. The predicted molar refractivity (Wildman–Crippen MR) is 80.9 cm³/mol. The van der Waals surface area contributed by atoms with Crippen molar-refractivity contribution in [3.63, 3.8) is 0 Å². The van der Waals surface area contributed by atoms with Crippen molar-refractivity contribution in [3.05, 3.63) is 41.1 Å². The minimum absolute atomic E-state index is 0.0167. The lowest BCUT2D eigenvalue weighted by Crippen LogP contribution is -2.13. The molecule has 0 radical (unpaired) electrons. The van der Waals surface area contributed by atoms with Crippen LogP contribution in [0, 0.1) is 6.92 Å². The lowest BCUT2D eigenvalue weighted by Gasteiger charge is -2.21. The first-order valence-corrected chi connectivity index (χ1v) is 6.79. The predicted octanol–water partition coefficient (Wildman–Crippen LogP) is 3.56. The Morgan fingerprint density at radius 1 is 1.30 bits per heavy atom. The zero-order chi connectivity index (χ0) is 14.9. The first-order chi connectivity index (χ1) is 9.32. The van der Waals surface area contributed by atoms with E-state index in [9.17, 15) is 4.79 Å². The van der Waals surface area contributed by atoms with Crippen molar-refractivity contribution >= 4 is 16.9 Å². The van der Waals surface area contributed by atoms with Gasteiger partial charge in [-0.05, 0) is 29.5 Å². The Kier molecular flexibility index (Phi) is 3.80. The third-order valence-electron chi connectivity index (χ3n) is 3.42. The standard InChI is InChI=1S/C17H21NO2/c1-11-9-12(10-15(19)20-5)13-7-6-8-14(16(13)18-11)17(2,3)4/h6-9H,10H2,1-5H3. The average molecular weight is 271 g/mol. The van der Waals surface area contributed by atoms with Crippen molar-refractivity contribution in [1.29, 1.82) is 0 Å². The van der Waals surface area contributed by atoms with Crippen molar-refractivity contribution in [2.45, 2.75) is 39.5 Å². The maximum atomic E-state index is 11.6. The Hall–Kier alpha value is -1.90. The molecule has 0 unspecified atom stereocenters. The highest BCUT2D eigenvalue weighted by Gasteiger charge is 2.19. The molecule has 0 saturated heterocycles. The largest absolute Gasteiger partial charge is 0.469 e. The van der Waals surface area contributed by atoms with Crippen molar-refractivity contribution in [2.24, 2.45) is 0 Å². The van der Waals surface area contributed by atoms with Gasteiger partial charge >= 0.3 is 5.97 Å². The molecule has 2 aromatic rings. The number of nitrogens with zero attached hydrogens (tertiary/aromatic N) is 1. The fourth-order valence-corrected chi connectivity index (χ4v) is 2.44. The highest BCUT2D eigenvalue weighted by molar-refractivity contribution is 5.89. The van der Waals surface area contributed by atoms with E-state index < -0.39 is 0 Å². The zero-order valence-electron chi connectivity index (χ0n) is 12.8. The number of pyridine rings is 1. The molecule has 0 spiro atoms. The van der Waals surface area contributed by atoms with Gasteiger partial charge in [-0.25, -0.2) is 0 Å². The van der Waals surface area contributed by atoms with E-state index in [2.05, 4.69) is 31.8 Å². The molecule has 0 amide bonds. The van der Waals surface area contributed by atoms with Crippen LogP contribution < -0.4 is 0 Å². The third kappa shape index (κ3) is 2.82. The van der Waals surface area contributed by atoms with Gasteiger partial charge in [0.15, 0.2) is 0 Å². The number of ether oxygens (including phenoxy) is 1. The second kappa shape index (κ2) is 5.23. The van der Waals surface area contributed by atoms with Gasteiger partial charge in [-0.3, -0.25) is 9.78 Å². The van der Waals surface area contributed by atoms with Gasteiger partial charge in [-0.15, -0.1) is 0 Å². The maximum absolute atomic E-state index is 11.6. The molecule has 2 rings (SSSR count). The first-order valence-electron chi connectivity index (χ1n) is 6.79. The molecule has 0 aliphatic rings. The number of fused-ring (bicyclic) bond motifs is 1. The van der Waals surface area contributed by atoms with Gasteiger partial charge < -0.3 is 4.74 Å². The maximum Gasteiger partial charge on any atom is 0.310 e. The topological polar surface area (TPSA) is 39.2 Å². The third-order valence-corrected chi connectivity index (χ3v) is 3.42. The van der Waals surface area contributed by atoms with Crippen LogP contribution in [0.4, 0.5) is 0 Å². The number of hydrogen-bond donors (Lipinski definition) is 0. The van der Waals surface area contributed by atoms with Crippen LogP contribution in [-0.4, -0.2) is 18.1 Å². The molecule has 0 fully saturated rings. The molecule has 1 aromatic heterocycles. The second-order valence-corrected chi connectivity index (χ2v) is 6.13. The lowest BCUT2D eigenvalue weighted by molar-refractivity contribution is -0.139. The van der Waals surface area contributed by atoms with Crippen molar-refractivity contribution in [3.8, 4) is 0 Å². The monoisotopic (exact) mass is 271 g/mol. The Balaban J connectivity index is 2.69. The van der Waals surface area contributed by atoms with Gasteiger partial charge in [-0.2, -0.15) is 0 Å². The van der Waals surface area contributed by atoms with E-state index in [4.69, 9.17) is 4.74 Å². The molecule has 0 N–H and O–H groups in total. The molecule has 1 aromatic carbocycles. The van der Waals surface area contributed by atoms with E-state index in [-0.39, 0.29) is 17.8 Å². The minimum Gasteiger partial charge on any atom is -0.469 e. The van der Waals surface area contributed by atoms with Crippen molar-refractivity contribution in [2.75, 3.05) is 7.11 Å². The summed E-state index contributed by atoms with van der Waals surface area (Å²) >= 11 is 0. The van der Waals surface area contributed by atoms with E-state index in [0.717, 1.165) is 22.2 Å². The SMILES string of the molecule is COC(=O)Cc1cc(C)nc2c(C(C)(C)C)cccc12. The van der Waals surface area contributed by atoms with Gasteiger partial charge in [0.1, 0.15) is 0 Å². The van der Waals surface area contributed by atoms with Crippen molar-refractivity contribution < 1.29 is 9.53 Å². The number of hydrogen-bond acceptors (Lipinski definition) is 3. The molecule has 3 heteroatoms. The fourth-order valence-electron chi connectivity index (χ4n) is 2.44. The van der Waals surface area contributed by atoms with Crippen LogP contribution in [0.3, 0.4) is 0 Å². The number of carbonyl (C=O) groups is 1. The summed E-state index contributed by atoms with van der Waals surface area (Å²) in [6.45, 7) is 8.48. The summed E-state index contributed by atoms with van der Waals surface area (Å²) in [5.41, 5.74) is 4.10. The Morgan fingerprint density at radius 3 is 2.60 bits per heavy atom. The molecule has 0 saturated carbocycles. The quantitative estimate of drug-likeness (QED) is 0.784. The Bertz CT molecular complexity index is 654. The summed E-state index contributed by atoms with van der Waals surface area (Å²) in [4.78, 5) is 16.3. The van der Waals surface area contributed by atoms with Crippen LogP contribution >= 0.6 is 0 Å². The van der Waals surface area contributed by atoms with Crippen molar-refractivity contribution in [1.82, 2.24) is 4.98 Å². The number of benzene rings is 1. The number of aryl methyl sites for hydroxylation is 1. The number of methoxy groups -OCH3 is 1. The molecular formula is C17H21NO2. The molecule has 0 aliphatic heterocycles. The first kappa shape index (κ1) is 14.5. The molecule has 0 aliphatic carbocycles. The highest BCUT2D eigenvalue weighted by atomic mass is 16.5. The van der Waals surface area contributed by atoms with Gasteiger partial charge in [0, 0.05) is 11.1 Å². The summed E-state index contributed by atoms with van der Waals surface area (Å²) in [5.74, 6) is -0.224. The van der Waals surface area contributed by atoms with E-state index >= 15 is 0 Å². The Labute approximate surface area is 120 Å². The normalized spacial score (nSPS) is 11.7. The molecular weight excluding hydrogens is 250 g/mol. The highest BCUT2D eigenvalue weighted by Crippen LogP contribution is 2.30. The molecule has 3 nitrogen and oxygen atoms in total. The average Bonchev–Trinajstić information content (AvgIpc) is 2.36. The molecule has 0 bridgehead atoms. The number of carbonyl (C=O) groups excluding carboxylic acids is 1. The number of esters is 1. The van der Waals surface area contributed by atoms with E-state index in [0.29, 0.717) is 0 Å². The summed E-state index contributed by atoms with van der Waals surface area (Å²) in [7, 11) is 1.42. The van der Waals surface area contributed by atoms with Gasteiger partial charge in [0.2, 0.25) is 0 Å². The van der Waals surface area contributed by atoms with Gasteiger partial charge in [-0.1, -0.05) is 39.0 Å². The zero-order valence-corrected chi connectivity index (χ0v) is 12.8. The van der Waals surface area contributed by atoms with Crippen LogP contribution in [0.5, 0.6) is 0 Å².